The van der Waals surface area contributed by atoms with Gasteiger partial charge >= 0.3 is 0 Å². The first-order chi connectivity index (χ1) is 10.6. The molecule has 1 heterocycles. The second-order valence-electron chi connectivity index (χ2n) is 7.23. The van der Waals surface area contributed by atoms with Gasteiger partial charge < -0.3 is 10.4 Å². The topological polar surface area (TPSA) is 67.2 Å². The van der Waals surface area contributed by atoms with Crippen molar-refractivity contribution in [3.63, 3.8) is 0 Å². The van der Waals surface area contributed by atoms with Crippen molar-refractivity contribution in [3.8, 4) is 0 Å². The maximum Gasteiger partial charge on any atom is 0.255 e. The first-order valence-electron chi connectivity index (χ1n) is 8.61. The number of carbonyl (C=O) groups is 1. The molecule has 0 spiro atoms. The third kappa shape index (κ3) is 3.35. The minimum atomic E-state index is -0.409. The van der Waals surface area contributed by atoms with E-state index < -0.39 is 6.10 Å². The highest BCUT2D eigenvalue weighted by Crippen LogP contribution is 2.41. The summed E-state index contributed by atoms with van der Waals surface area (Å²) in [5.74, 6) is 0.926. The third-order valence-electron chi connectivity index (χ3n) is 4.67. The second kappa shape index (κ2) is 6.41. The van der Waals surface area contributed by atoms with Crippen LogP contribution in [0, 0.1) is 5.92 Å². The number of aliphatic hydroxyl groups excluding tert-OH is 1. The van der Waals surface area contributed by atoms with Gasteiger partial charge in [0.05, 0.1) is 29.6 Å². The fourth-order valence-electron chi connectivity index (χ4n) is 3.37. The summed E-state index contributed by atoms with van der Waals surface area (Å²) in [7, 11) is 0. The Balaban J connectivity index is 1.75. The molecule has 0 saturated heterocycles. The minimum absolute atomic E-state index is 0.0668. The molecule has 2 fully saturated rings. The molecule has 2 N–H and O–H groups in total. The van der Waals surface area contributed by atoms with Crippen LogP contribution < -0.4 is 5.32 Å². The Morgan fingerprint density at radius 1 is 1.36 bits per heavy atom. The van der Waals surface area contributed by atoms with Gasteiger partial charge in [-0.1, -0.05) is 26.7 Å². The quantitative estimate of drug-likeness (QED) is 0.878. The van der Waals surface area contributed by atoms with Gasteiger partial charge in [-0.15, -0.1) is 0 Å². The number of hydrogen-bond donors (Lipinski definition) is 2. The van der Waals surface area contributed by atoms with Crippen LogP contribution in [-0.2, 0) is 6.54 Å². The molecule has 2 aliphatic carbocycles. The maximum atomic E-state index is 12.6. The van der Waals surface area contributed by atoms with E-state index in [9.17, 15) is 9.90 Å². The summed E-state index contributed by atoms with van der Waals surface area (Å²) in [6.45, 7) is 5.18. The molecule has 0 radical (unpaired) electrons. The molecule has 5 nitrogen and oxygen atoms in total. The van der Waals surface area contributed by atoms with Gasteiger partial charge in [0.2, 0.25) is 0 Å². The van der Waals surface area contributed by atoms with Crippen molar-refractivity contribution in [2.75, 3.05) is 0 Å². The van der Waals surface area contributed by atoms with Gasteiger partial charge in [0.25, 0.3) is 5.91 Å². The number of hydrogen-bond acceptors (Lipinski definition) is 3. The van der Waals surface area contributed by atoms with Crippen molar-refractivity contribution in [1.29, 1.82) is 0 Å². The highest BCUT2D eigenvalue weighted by atomic mass is 16.3. The van der Waals surface area contributed by atoms with Gasteiger partial charge in [0, 0.05) is 12.5 Å². The van der Waals surface area contributed by atoms with Crippen molar-refractivity contribution in [2.45, 2.75) is 77.0 Å². The Morgan fingerprint density at radius 3 is 2.73 bits per heavy atom. The van der Waals surface area contributed by atoms with E-state index in [2.05, 4.69) is 24.3 Å². The molecular formula is C17H27N3O2. The highest BCUT2D eigenvalue weighted by molar-refractivity contribution is 5.95. The van der Waals surface area contributed by atoms with Gasteiger partial charge in [-0.3, -0.25) is 9.48 Å². The lowest BCUT2D eigenvalue weighted by Crippen LogP contribution is -2.45. The molecule has 1 aromatic heterocycles. The molecule has 1 aromatic rings. The van der Waals surface area contributed by atoms with Crippen LogP contribution in [0.2, 0.25) is 0 Å². The zero-order chi connectivity index (χ0) is 15.7. The lowest BCUT2D eigenvalue weighted by atomic mass is 9.92. The van der Waals surface area contributed by atoms with Crippen LogP contribution in [0.25, 0.3) is 0 Å². The summed E-state index contributed by atoms with van der Waals surface area (Å²) in [6.07, 6.45) is 7.37. The predicted molar refractivity (Wildman–Crippen MR) is 84.8 cm³/mol. The first kappa shape index (κ1) is 15.5. The Labute approximate surface area is 132 Å². The van der Waals surface area contributed by atoms with Gasteiger partial charge in [0.1, 0.15) is 0 Å². The summed E-state index contributed by atoms with van der Waals surface area (Å²) in [5, 5.41) is 17.5. The normalized spacial score (nSPS) is 25.5. The number of carbonyl (C=O) groups excluding carboxylic acids is 1. The number of rotatable bonds is 5. The van der Waals surface area contributed by atoms with Gasteiger partial charge in [-0.25, -0.2) is 0 Å². The molecule has 5 heteroatoms. The zero-order valence-corrected chi connectivity index (χ0v) is 13.6. The minimum Gasteiger partial charge on any atom is -0.391 e. The average molecular weight is 305 g/mol. The smallest absolute Gasteiger partial charge is 0.255 e. The summed E-state index contributed by atoms with van der Waals surface area (Å²) in [6, 6.07) is -0.109. The summed E-state index contributed by atoms with van der Waals surface area (Å²) < 4.78 is 2.01. The number of amides is 1. The molecule has 2 unspecified atom stereocenters. The fraction of sp³-hybridized carbons (Fsp3) is 0.765. The van der Waals surface area contributed by atoms with Gasteiger partial charge in [0.15, 0.2) is 0 Å². The number of nitrogens with zero attached hydrogens (tertiary/aromatic N) is 2. The van der Waals surface area contributed by atoms with Crippen LogP contribution in [0.1, 0.15) is 74.3 Å². The number of nitrogens with one attached hydrogen (secondary N) is 1. The largest absolute Gasteiger partial charge is 0.391 e. The summed E-state index contributed by atoms with van der Waals surface area (Å²) in [5.41, 5.74) is 1.80. The van der Waals surface area contributed by atoms with Crippen LogP contribution in [0.3, 0.4) is 0 Å². The van der Waals surface area contributed by atoms with E-state index >= 15 is 0 Å². The molecule has 2 aliphatic rings. The second-order valence-corrected chi connectivity index (χ2v) is 7.23. The molecular weight excluding hydrogens is 278 g/mol. The van der Waals surface area contributed by atoms with E-state index in [0.29, 0.717) is 17.4 Å². The predicted octanol–water partition coefficient (Wildman–Crippen LogP) is 2.45. The third-order valence-corrected chi connectivity index (χ3v) is 4.67. The Hall–Kier alpha value is -1.36. The van der Waals surface area contributed by atoms with E-state index in [4.69, 9.17) is 0 Å². The van der Waals surface area contributed by atoms with E-state index in [1.54, 1.807) is 6.20 Å². The molecule has 1 amide bonds. The van der Waals surface area contributed by atoms with Crippen molar-refractivity contribution in [2.24, 2.45) is 5.92 Å². The maximum absolute atomic E-state index is 12.6. The summed E-state index contributed by atoms with van der Waals surface area (Å²) in [4.78, 5) is 12.6. The van der Waals surface area contributed by atoms with Crippen LogP contribution in [0.15, 0.2) is 6.20 Å². The monoisotopic (exact) mass is 305 g/mol. The standard InChI is InChI=1S/C17H27N3O2/c1-11(2)10-20-16(12-7-8-12)13(9-18-20)17(22)19-14-5-3-4-6-15(14)21/h9,11-12,14-15,21H,3-8,10H2,1-2H3,(H,19,22). The van der Waals surface area contributed by atoms with Gasteiger partial charge in [-0.05, 0) is 31.6 Å². The highest BCUT2D eigenvalue weighted by Gasteiger charge is 2.33. The summed E-state index contributed by atoms with van der Waals surface area (Å²) >= 11 is 0. The van der Waals surface area contributed by atoms with E-state index in [1.807, 2.05) is 4.68 Å². The van der Waals surface area contributed by atoms with E-state index in [0.717, 1.165) is 50.8 Å². The molecule has 0 bridgehead atoms. The Morgan fingerprint density at radius 2 is 2.09 bits per heavy atom. The van der Waals surface area contributed by atoms with E-state index in [-0.39, 0.29) is 11.9 Å². The van der Waals surface area contributed by atoms with E-state index in [1.165, 1.54) is 0 Å². The van der Waals surface area contributed by atoms with Crippen LogP contribution >= 0.6 is 0 Å². The van der Waals surface area contributed by atoms with Gasteiger partial charge in [-0.2, -0.15) is 5.10 Å². The van der Waals surface area contributed by atoms with Crippen molar-refractivity contribution in [3.05, 3.63) is 17.5 Å². The first-order valence-corrected chi connectivity index (χ1v) is 8.61. The van der Waals surface area contributed by atoms with Crippen molar-refractivity contribution >= 4 is 5.91 Å². The molecule has 2 saturated carbocycles. The molecule has 0 aromatic carbocycles. The number of aromatic nitrogens is 2. The zero-order valence-electron chi connectivity index (χ0n) is 13.6. The van der Waals surface area contributed by atoms with Crippen molar-refractivity contribution < 1.29 is 9.90 Å². The Kier molecular flexibility index (Phi) is 4.52. The SMILES string of the molecule is CC(C)Cn1ncc(C(=O)NC2CCCCC2O)c1C1CC1. The van der Waals surface area contributed by atoms with Crippen LogP contribution in [0.5, 0.6) is 0 Å². The number of aliphatic hydroxyl groups is 1. The molecule has 0 aliphatic heterocycles. The Bertz CT molecular complexity index is 534. The molecule has 22 heavy (non-hydrogen) atoms. The lowest BCUT2D eigenvalue weighted by Gasteiger charge is -2.28. The molecule has 122 valence electrons. The average Bonchev–Trinajstić information content (AvgIpc) is 3.22. The fourth-order valence-corrected chi connectivity index (χ4v) is 3.37. The molecule has 3 rings (SSSR count). The van der Waals surface area contributed by atoms with Crippen LogP contribution in [-0.4, -0.2) is 32.9 Å². The lowest BCUT2D eigenvalue weighted by molar-refractivity contribution is 0.0716. The van der Waals surface area contributed by atoms with Crippen LogP contribution in [0.4, 0.5) is 0 Å². The molecule has 2 atom stereocenters. The van der Waals surface area contributed by atoms with Crippen molar-refractivity contribution in [1.82, 2.24) is 15.1 Å².